The largest absolute Gasteiger partial charge is 0.461 e. The van der Waals surface area contributed by atoms with Crippen LogP contribution in [0.3, 0.4) is 0 Å². The molecule has 5 heteroatoms. The monoisotopic (exact) mass is 245 g/mol. The number of furan rings is 1. The van der Waals surface area contributed by atoms with E-state index < -0.39 is 4.92 Å². The number of rotatable bonds is 4. The molecule has 0 atom stereocenters. The van der Waals surface area contributed by atoms with Crippen LogP contribution in [0.4, 0.5) is 5.69 Å². The molecular weight excluding hydrogens is 234 g/mol. The zero-order chi connectivity index (χ0) is 13.1. The molecule has 0 amide bonds. The Hall–Kier alpha value is -2.43. The molecule has 0 aliphatic carbocycles. The molecule has 0 spiro atoms. The van der Waals surface area contributed by atoms with Gasteiger partial charge in [0.2, 0.25) is 0 Å². The zero-order valence-corrected chi connectivity index (χ0v) is 9.75. The van der Waals surface area contributed by atoms with Gasteiger partial charge in [0.05, 0.1) is 11.3 Å². The molecule has 92 valence electrons. The summed E-state index contributed by atoms with van der Waals surface area (Å²) in [6, 6.07) is 9.56. The molecule has 18 heavy (non-hydrogen) atoms. The van der Waals surface area contributed by atoms with Crippen LogP contribution in [0, 0.1) is 10.1 Å². The van der Waals surface area contributed by atoms with E-state index in [2.05, 4.69) is 0 Å². The van der Waals surface area contributed by atoms with Gasteiger partial charge in [-0.25, -0.2) is 0 Å². The fourth-order valence-electron chi connectivity index (χ4n) is 1.62. The summed E-state index contributed by atoms with van der Waals surface area (Å²) < 4.78 is 5.49. The predicted octanol–water partition coefficient (Wildman–Crippen LogP) is 2.99. The second-order valence-electron chi connectivity index (χ2n) is 3.95. The van der Waals surface area contributed by atoms with Gasteiger partial charge in [0.25, 0.3) is 5.69 Å². The third kappa shape index (κ3) is 2.63. The van der Waals surface area contributed by atoms with Gasteiger partial charge in [0, 0.05) is 17.7 Å². The van der Waals surface area contributed by atoms with E-state index in [0.717, 1.165) is 5.56 Å². The Labute approximate surface area is 103 Å². The molecule has 0 aliphatic heterocycles. The number of carbonyl (C=O) groups is 1. The molecule has 5 nitrogen and oxygen atoms in total. The summed E-state index contributed by atoms with van der Waals surface area (Å²) in [7, 11) is 0. The third-order valence-corrected chi connectivity index (χ3v) is 2.45. The molecule has 0 saturated heterocycles. The van der Waals surface area contributed by atoms with Crippen molar-refractivity contribution >= 4 is 11.5 Å². The standard InChI is InChI=1S/C13H11NO4/c1-9(15)8-12-6-7-13(18-12)10-2-4-11(5-3-10)14(16)17/h2-7H,8H2,1H3. The Balaban J connectivity index is 2.23. The van der Waals surface area contributed by atoms with Crippen molar-refractivity contribution in [2.45, 2.75) is 13.3 Å². The second-order valence-corrected chi connectivity index (χ2v) is 3.95. The summed E-state index contributed by atoms with van der Waals surface area (Å²) in [5.41, 5.74) is 0.782. The lowest BCUT2D eigenvalue weighted by Gasteiger charge is -1.97. The Morgan fingerprint density at radius 2 is 1.89 bits per heavy atom. The maximum atomic E-state index is 10.9. The molecule has 1 aromatic heterocycles. The number of nitro benzene ring substituents is 1. The fourth-order valence-corrected chi connectivity index (χ4v) is 1.62. The number of ketones is 1. The Bertz CT molecular complexity index is 583. The molecule has 1 heterocycles. The summed E-state index contributed by atoms with van der Waals surface area (Å²) in [4.78, 5) is 21.0. The number of nitro groups is 1. The van der Waals surface area contributed by atoms with Crippen LogP contribution in [-0.4, -0.2) is 10.7 Å². The summed E-state index contributed by atoms with van der Waals surface area (Å²) in [6.07, 6.45) is 0.257. The average Bonchev–Trinajstić information content (AvgIpc) is 2.76. The molecule has 0 saturated carbocycles. The first kappa shape index (κ1) is 12.0. The molecule has 0 bridgehead atoms. The molecule has 0 unspecified atom stereocenters. The molecule has 0 fully saturated rings. The quantitative estimate of drug-likeness (QED) is 0.613. The van der Waals surface area contributed by atoms with Gasteiger partial charge in [-0.2, -0.15) is 0 Å². The normalized spacial score (nSPS) is 10.3. The number of hydrogen-bond donors (Lipinski definition) is 0. The van der Waals surface area contributed by atoms with Gasteiger partial charge in [0.15, 0.2) is 0 Å². The summed E-state index contributed by atoms with van der Waals surface area (Å²) >= 11 is 0. The molecule has 0 N–H and O–H groups in total. The number of hydrogen-bond acceptors (Lipinski definition) is 4. The van der Waals surface area contributed by atoms with E-state index in [0.29, 0.717) is 11.5 Å². The van der Waals surface area contributed by atoms with E-state index >= 15 is 0 Å². The van der Waals surface area contributed by atoms with E-state index in [1.54, 1.807) is 24.3 Å². The predicted molar refractivity (Wildman–Crippen MR) is 65.2 cm³/mol. The van der Waals surface area contributed by atoms with Crippen molar-refractivity contribution in [1.29, 1.82) is 0 Å². The molecular formula is C13H11NO4. The van der Waals surface area contributed by atoms with Crippen molar-refractivity contribution in [3.63, 3.8) is 0 Å². The average molecular weight is 245 g/mol. The third-order valence-electron chi connectivity index (χ3n) is 2.45. The minimum atomic E-state index is -0.451. The van der Waals surface area contributed by atoms with Gasteiger partial charge in [-0.3, -0.25) is 14.9 Å². The Morgan fingerprint density at radius 1 is 1.22 bits per heavy atom. The van der Waals surface area contributed by atoms with Gasteiger partial charge < -0.3 is 4.42 Å². The van der Waals surface area contributed by atoms with Crippen LogP contribution in [0.1, 0.15) is 12.7 Å². The van der Waals surface area contributed by atoms with Gasteiger partial charge in [-0.15, -0.1) is 0 Å². The highest BCUT2D eigenvalue weighted by Crippen LogP contribution is 2.24. The topological polar surface area (TPSA) is 73.3 Å². The fraction of sp³-hybridized carbons (Fsp3) is 0.154. The number of carbonyl (C=O) groups excluding carboxylic acids is 1. The van der Waals surface area contributed by atoms with Gasteiger partial charge in [-0.1, -0.05) is 0 Å². The highest BCUT2D eigenvalue weighted by Gasteiger charge is 2.09. The van der Waals surface area contributed by atoms with Crippen molar-refractivity contribution in [3.8, 4) is 11.3 Å². The van der Waals surface area contributed by atoms with Crippen LogP contribution in [0.25, 0.3) is 11.3 Å². The van der Waals surface area contributed by atoms with E-state index in [9.17, 15) is 14.9 Å². The first-order valence-corrected chi connectivity index (χ1v) is 5.39. The van der Waals surface area contributed by atoms with E-state index in [4.69, 9.17) is 4.42 Å². The Kier molecular flexibility index (Phi) is 3.23. The SMILES string of the molecule is CC(=O)Cc1ccc(-c2ccc([N+](=O)[O-])cc2)o1. The highest BCUT2D eigenvalue weighted by molar-refractivity contribution is 5.77. The highest BCUT2D eigenvalue weighted by atomic mass is 16.6. The van der Waals surface area contributed by atoms with Crippen molar-refractivity contribution in [1.82, 2.24) is 0 Å². The zero-order valence-electron chi connectivity index (χ0n) is 9.75. The van der Waals surface area contributed by atoms with Crippen molar-refractivity contribution in [2.75, 3.05) is 0 Å². The van der Waals surface area contributed by atoms with Crippen LogP contribution in [0.5, 0.6) is 0 Å². The van der Waals surface area contributed by atoms with Crippen LogP contribution >= 0.6 is 0 Å². The maximum absolute atomic E-state index is 10.9. The molecule has 2 aromatic rings. The lowest BCUT2D eigenvalue weighted by atomic mass is 10.1. The number of Topliss-reactive ketones (excluding diaryl/α,β-unsaturated/α-hetero) is 1. The summed E-state index contributed by atoms with van der Waals surface area (Å²) in [5.74, 6) is 1.22. The van der Waals surface area contributed by atoms with Crippen molar-refractivity contribution in [2.24, 2.45) is 0 Å². The van der Waals surface area contributed by atoms with Crippen molar-refractivity contribution < 1.29 is 14.1 Å². The van der Waals surface area contributed by atoms with Crippen molar-refractivity contribution in [3.05, 3.63) is 52.3 Å². The summed E-state index contributed by atoms with van der Waals surface area (Å²) in [5, 5.41) is 10.5. The number of non-ortho nitro benzene ring substituents is 1. The first-order chi connectivity index (χ1) is 8.56. The molecule has 2 rings (SSSR count). The van der Waals surface area contributed by atoms with Crippen LogP contribution in [-0.2, 0) is 11.2 Å². The van der Waals surface area contributed by atoms with E-state index in [-0.39, 0.29) is 17.9 Å². The minimum absolute atomic E-state index is 0.0274. The lowest BCUT2D eigenvalue weighted by Crippen LogP contribution is -1.93. The molecule has 0 aliphatic rings. The summed E-state index contributed by atoms with van der Waals surface area (Å²) in [6.45, 7) is 1.49. The lowest BCUT2D eigenvalue weighted by molar-refractivity contribution is -0.384. The van der Waals surface area contributed by atoms with Crippen LogP contribution in [0.2, 0.25) is 0 Å². The van der Waals surface area contributed by atoms with Gasteiger partial charge in [0.1, 0.15) is 17.3 Å². The number of benzene rings is 1. The second kappa shape index (κ2) is 4.83. The van der Waals surface area contributed by atoms with Gasteiger partial charge >= 0.3 is 0 Å². The van der Waals surface area contributed by atoms with E-state index in [1.165, 1.54) is 19.1 Å². The number of nitrogens with zero attached hydrogens (tertiary/aromatic N) is 1. The minimum Gasteiger partial charge on any atom is -0.461 e. The molecule has 0 radical (unpaired) electrons. The van der Waals surface area contributed by atoms with Crippen LogP contribution < -0.4 is 0 Å². The maximum Gasteiger partial charge on any atom is 0.269 e. The van der Waals surface area contributed by atoms with Gasteiger partial charge in [-0.05, 0) is 31.2 Å². The van der Waals surface area contributed by atoms with Crippen LogP contribution in [0.15, 0.2) is 40.8 Å². The first-order valence-electron chi connectivity index (χ1n) is 5.39. The smallest absolute Gasteiger partial charge is 0.269 e. The molecule has 1 aromatic carbocycles. The Morgan fingerprint density at radius 3 is 2.44 bits per heavy atom. The van der Waals surface area contributed by atoms with E-state index in [1.807, 2.05) is 0 Å².